The van der Waals surface area contributed by atoms with Crippen LogP contribution in [0.25, 0.3) is 22.3 Å². The lowest BCUT2D eigenvalue weighted by atomic mass is 10.2. The van der Waals surface area contributed by atoms with Gasteiger partial charge in [-0.15, -0.1) is 0 Å². The van der Waals surface area contributed by atoms with Crippen LogP contribution in [0.4, 0.5) is 5.82 Å². The predicted molar refractivity (Wildman–Crippen MR) is 102 cm³/mol. The number of aromatic nitrogens is 6. The van der Waals surface area contributed by atoms with Gasteiger partial charge in [-0.25, -0.2) is 9.97 Å². The maximum Gasteiger partial charge on any atom is 0.165 e. The average Bonchev–Trinajstić information content (AvgIpc) is 3.13. The highest BCUT2D eigenvalue weighted by Crippen LogP contribution is 2.28. The minimum atomic E-state index is 0.512. The maximum absolute atomic E-state index is 5.34. The van der Waals surface area contributed by atoms with Gasteiger partial charge in [0, 0.05) is 24.7 Å². The maximum atomic E-state index is 5.34. The van der Waals surface area contributed by atoms with Crippen molar-refractivity contribution in [2.24, 2.45) is 7.05 Å². The van der Waals surface area contributed by atoms with E-state index in [-0.39, 0.29) is 0 Å². The van der Waals surface area contributed by atoms with E-state index in [2.05, 4.69) is 25.6 Å². The summed E-state index contributed by atoms with van der Waals surface area (Å²) in [6.45, 7) is 2.42. The fourth-order valence-corrected chi connectivity index (χ4v) is 2.73. The molecule has 0 amide bonds. The fraction of sp³-hybridized carbons (Fsp3) is 0.211. The number of ether oxygens (including phenoxy) is 1. The van der Waals surface area contributed by atoms with Crippen LogP contribution in [0, 0.1) is 6.92 Å². The number of nitrogens with zero attached hydrogens (tertiary/aromatic N) is 6. The van der Waals surface area contributed by atoms with Gasteiger partial charge in [0.1, 0.15) is 11.6 Å². The molecule has 3 heterocycles. The fourth-order valence-electron chi connectivity index (χ4n) is 2.73. The molecule has 0 saturated carbocycles. The quantitative estimate of drug-likeness (QED) is 0.584. The lowest BCUT2D eigenvalue weighted by molar-refractivity contribution is 0.415. The molecular weight excluding hydrogens is 342 g/mol. The largest absolute Gasteiger partial charge is 0.497 e. The first-order valence-electron chi connectivity index (χ1n) is 8.50. The predicted octanol–water partition coefficient (Wildman–Crippen LogP) is 2.75. The number of anilines is 1. The topological polar surface area (TPSA) is 90.6 Å². The van der Waals surface area contributed by atoms with E-state index in [1.54, 1.807) is 18.0 Å². The molecule has 0 spiro atoms. The summed E-state index contributed by atoms with van der Waals surface area (Å²) >= 11 is 0. The van der Waals surface area contributed by atoms with Crippen LogP contribution in [0.3, 0.4) is 0 Å². The summed E-state index contributed by atoms with van der Waals surface area (Å²) in [5, 5.41) is 16.8. The second-order valence-electron chi connectivity index (χ2n) is 6.20. The Balaban J connectivity index is 1.75. The van der Waals surface area contributed by atoms with Crippen molar-refractivity contribution in [1.82, 2.24) is 29.9 Å². The van der Waals surface area contributed by atoms with Crippen molar-refractivity contribution in [1.29, 1.82) is 0 Å². The lowest BCUT2D eigenvalue weighted by Gasteiger charge is -2.11. The first-order valence-corrected chi connectivity index (χ1v) is 8.50. The molecule has 8 nitrogen and oxygen atoms in total. The summed E-state index contributed by atoms with van der Waals surface area (Å²) in [7, 11) is 3.50. The Bertz CT molecular complexity index is 1090. The Morgan fingerprint density at radius 2 is 2.00 bits per heavy atom. The van der Waals surface area contributed by atoms with Crippen molar-refractivity contribution in [2.75, 3.05) is 12.4 Å². The summed E-state index contributed by atoms with van der Waals surface area (Å²) in [5.41, 5.74) is 3.36. The van der Waals surface area contributed by atoms with Gasteiger partial charge in [-0.1, -0.05) is 0 Å². The highest BCUT2D eigenvalue weighted by Gasteiger charge is 2.12. The van der Waals surface area contributed by atoms with E-state index in [0.717, 1.165) is 39.4 Å². The van der Waals surface area contributed by atoms with Gasteiger partial charge in [0.25, 0.3) is 0 Å². The molecule has 0 atom stereocenters. The van der Waals surface area contributed by atoms with Crippen LogP contribution in [-0.2, 0) is 13.6 Å². The van der Waals surface area contributed by atoms with E-state index in [4.69, 9.17) is 9.72 Å². The zero-order valence-corrected chi connectivity index (χ0v) is 15.3. The first kappa shape index (κ1) is 16.9. The van der Waals surface area contributed by atoms with Crippen LogP contribution in [0.15, 0.2) is 42.7 Å². The van der Waals surface area contributed by atoms with Gasteiger partial charge in [0.2, 0.25) is 0 Å². The molecular formula is C19H19N7O. The molecule has 1 aromatic carbocycles. The molecule has 0 aliphatic carbocycles. The number of methoxy groups -OCH3 is 1. The number of hydrogen-bond donors (Lipinski definition) is 1. The SMILES string of the molecule is COc1ccc2c(NCc3ccc(C)nn3)nc(-c3cnn(C)c3)nc2c1. The van der Waals surface area contributed by atoms with Crippen LogP contribution in [0.2, 0.25) is 0 Å². The van der Waals surface area contributed by atoms with Crippen molar-refractivity contribution in [3.8, 4) is 17.1 Å². The van der Waals surface area contributed by atoms with Gasteiger partial charge in [-0.05, 0) is 31.2 Å². The number of rotatable bonds is 5. The van der Waals surface area contributed by atoms with Crippen molar-refractivity contribution < 1.29 is 4.74 Å². The highest BCUT2D eigenvalue weighted by atomic mass is 16.5. The molecule has 8 heteroatoms. The minimum absolute atomic E-state index is 0.512. The monoisotopic (exact) mass is 361 g/mol. The zero-order chi connectivity index (χ0) is 18.8. The molecule has 27 heavy (non-hydrogen) atoms. The Morgan fingerprint density at radius 1 is 1.11 bits per heavy atom. The van der Waals surface area contributed by atoms with Crippen LogP contribution in [-0.4, -0.2) is 37.1 Å². The van der Waals surface area contributed by atoms with Crippen molar-refractivity contribution in [3.63, 3.8) is 0 Å². The average molecular weight is 361 g/mol. The van der Waals surface area contributed by atoms with Gasteiger partial charge in [-0.3, -0.25) is 4.68 Å². The van der Waals surface area contributed by atoms with E-state index in [0.29, 0.717) is 12.4 Å². The van der Waals surface area contributed by atoms with E-state index in [1.165, 1.54) is 0 Å². The summed E-state index contributed by atoms with van der Waals surface area (Å²) in [6.07, 6.45) is 3.63. The molecule has 0 unspecified atom stereocenters. The smallest absolute Gasteiger partial charge is 0.165 e. The lowest BCUT2D eigenvalue weighted by Crippen LogP contribution is -2.06. The Hall–Kier alpha value is -3.55. The normalized spacial score (nSPS) is 10.9. The van der Waals surface area contributed by atoms with Crippen LogP contribution >= 0.6 is 0 Å². The van der Waals surface area contributed by atoms with Crippen molar-refractivity contribution >= 4 is 16.7 Å². The van der Waals surface area contributed by atoms with Gasteiger partial charge >= 0.3 is 0 Å². The number of nitrogens with one attached hydrogen (secondary N) is 1. The molecule has 4 aromatic rings. The molecule has 1 N–H and O–H groups in total. The van der Waals surface area contributed by atoms with Crippen LogP contribution < -0.4 is 10.1 Å². The summed E-state index contributed by atoms with van der Waals surface area (Å²) in [4.78, 5) is 9.39. The number of hydrogen-bond acceptors (Lipinski definition) is 7. The second-order valence-corrected chi connectivity index (χ2v) is 6.20. The number of benzene rings is 1. The molecule has 136 valence electrons. The third-order valence-corrected chi connectivity index (χ3v) is 4.16. The summed E-state index contributed by atoms with van der Waals surface area (Å²) < 4.78 is 7.06. The molecule has 0 bridgehead atoms. The van der Waals surface area contributed by atoms with E-state index >= 15 is 0 Å². The second kappa shape index (κ2) is 6.99. The molecule has 0 radical (unpaired) electrons. The Kier molecular flexibility index (Phi) is 4.37. The van der Waals surface area contributed by atoms with Crippen LogP contribution in [0.1, 0.15) is 11.4 Å². The third-order valence-electron chi connectivity index (χ3n) is 4.16. The Morgan fingerprint density at radius 3 is 2.70 bits per heavy atom. The van der Waals surface area contributed by atoms with Gasteiger partial charge in [0.05, 0.1) is 42.3 Å². The molecule has 0 aliphatic rings. The zero-order valence-electron chi connectivity index (χ0n) is 15.3. The van der Waals surface area contributed by atoms with Gasteiger partial charge in [-0.2, -0.15) is 15.3 Å². The summed E-state index contributed by atoms with van der Waals surface area (Å²) in [5.74, 6) is 2.07. The number of fused-ring (bicyclic) bond motifs is 1. The Labute approximate surface area is 156 Å². The molecule has 0 aliphatic heterocycles. The molecule has 3 aromatic heterocycles. The molecule has 0 fully saturated rings. The minimum Gasteiger partial charge on any atom is -0.497 e. The van der Waals surface area contributed by atoms with Gasteiger partial charge < -0.3 is 10.1 Å². The molecule has 4 rings (SSSR count). The third kappa shape index (κ3) is 3.55. The first-order chi connectivity index (χ1) is 13.1. The van der Waals surface area contributed by atoms with Crippen molar-refractivity contribution in [3.05, 3.63) is 54.1 Å². The van der Waals surface area contributed by atoms with Crippen molar-refractivity contribution in [2.45, 2.75) is 13.5 Å². The number of aryl methyl sites for hydroxylation is 2. The van der Waals surface area contributed by atoms with Gasteiger partial charge in [0.15, 0.2) is 5.82 Å². The molecule has 0 saturated heterocycles. The standard InChI is InChI=1S/C19H19N7O/c1-12-4-5-14(25-24-12)10-20-19-16-7-6-15(27-3)8-17(16)22-18(23-19)13-9-21-26(2)11-13/h4-9,11H,10H2,1-3H3,(H,20,22,23). The van der Waals surface area contributed by atoms with E-state index in [1.807, 2.05) is 50.5 Å². The highest BCUT2D eigenvalue weighted by molar-refractivity contribution is 5.91. The van der Waals surface area contributed by atoms with E-state index in [9.17, 15) is 0 Å². The summed E-state index contributed by atoms with van der Waals surface area (Å²) in [6, 6.07) is 9.63. The van der Waals surface area contributed by atoms with Crippen LogP contribution in [0.5, 0.6) is 5.75 Å². The van der Waals surface area contributed by atoms with E-state index < -0.39 is 0 Å².